The van der Waals surface area contributed by atoms with E-state index < -0.39 is 0 Å². The van der Waals surface area contributed by atoms with Crippen LogP contribution in [0, 0.1) is 0 Å². The van der Waals surface area contributed by atoms with E-state index in [0.29, 0.717) is 0 Å². The normalized spacial score (nSPS) is 14.7. The number of hydrogen-bond donors (Lipinski definition) is 0. The standard InChI is InChI=1S/C14H19N3S/c1-2-5-14-16-11(9-18-14)8-17-10-15-12-6-3-4-7-13(12)17/h9-10H,2-8H2,1H3. The average molecular weight is 261 g/mol. The molecule has 2 heterocycles. The van der Waals surface area contributed by atoms with Gasteiger partial charge in [0.25, 0.3) is 0 Å². The molecule has 2 aromatic rings. The number of imidazole rings is 1. The molecule has 1 aliphatic rings. The minimum atomic E-state index is 0.891. The molecule has 0 aliphatic heterocycles. The Balaban J connectivity index is 1.77. The lowest BCUT2D eigenvalue weighted by Gasteiger charge is -2.13. The van der Waals surface area contributed by atoms with Crippen LogP contribution in [0.15, 0.2) is 11.7 Å². The summed E-state index contributed by atoms with van der Waals surface area (Å²) >= 11 is 1.79. The highest BCUT2D eigenvalue weighted by molar-refractivity contribution is 7.09. The number of rotatable bonds is 4. The highest BCUT2D eigenvalue weighted by Gasteiger charge is 2.15. The molecule has 0 N–H and O–H groups in total. The van der Waals surface area contributed by atoms with Crippen molar-refractivity contribution in [2.75, 3.05) is 0 Å². The Morgan fingerprint density at radius 1 is 1.33 bits per heavy atom. The topological polar surface area (TPSA) is 30.7 Å². The van der Waals surface area contributed by atoms with Crippen LogP contribution >= 0.6 is 11.3 Å². The first-order valence-corrected chi connectivity index (χ1v) is 7.71. The van der Waals surface area contributed by atoms with Gasteiger partial charge in [-0.25, -0.2) is 9.97 Å². The maximum absolute atomic E-state index is 4.69. The predicted octanol–water partition coefficient (Wildman–Crippen LogP) is 3.22. The third-order valence-electron chi connectivity index (χ3n) is 3.51. The lowest BCUT2D eigenvalue weighted by Crippen LogP contribution is -2.09. The van der Waals surface area contributed by atoms with E-state index in [1.165, 1.54) is 47.8 Å². The zero-order valence-corrected chi connectivity index (χ0v) is 11.7. The molecule has 0 bridgehead atoms. The van der Waals surface area contributed by atoms with E-state index in [2.05, 4.69) is 21.9 Å². The van der Waals surface area contributed by atoms with Crippen molar-refractivity contribution in [2.45, 2.75) is 52.0 Å². The molecule has 0 spiro atoms. The van der Waals surface area contributed by atoms with Crippen molar-refractivity contribution in [3.8, 4) is 0 Å². The van der Waals surface area contributed by atoms with Gasteiger partial charge in [-0.2, -0.15) is 0 Å². The third kappa shape index (κ3) is 2.34. The highest BCUT2D eigenvalue weighted by Crippen LogP contribution is 2.21. The van der Waals surface area contributed by atoms with Crippen molar-refractivity contribution < 1.29 is 0 Å². The average Bonchev–Trinajstić information content (AvgIpc) is 2.99. The van der Waals surface area contributed by atoms with Crippen LogP contribution in [0.25, 0.3) is 0 Å². The number of nitrogens with zero attached hydrogens (tertiary/aromatic N) is 3. The van der Waals surface area contributed by atoms with Gasteiger partial charge in [0, 0.05) is 11.1 Å². The minimum Gasteiger partial charge on any atom is -0.328 e. The Morgan fingerprint density at radius 2 is 2.22 bits per heavy atom. The molecule has 0 amide bonds. The van der Waals surface area contributed by atoms with Gasteiger partial charge in [-0.15, -0.1) is 11.3 Å². The monoisotopic (exact) mass is 261 g/mol. The third-order valence-corrected chi connectivity index (χ3v) is 4.46. The molecule has 0 atom stereocenters. The van der Waals surface area contributed by atoms with Crippen LogP contribution in [0.3, 0.4) is 0 Å². The molecule has 0 fully saturated rings. The second-order valence-corrected chi connectivity index (χ2v) is 5.90. The van der Waals surface area contributed by atoms with Crippen LogP contribution < -0.4 is 0 Å². The number of thiazole rings is 1. The van der Waals surface area contributed by atoms with Crippen LogP contribution in [0.4, 0.5) is 0 Å². The molecule has 0 radical (unpaired) electrons. The number of aromatic nitrogens is 3. The molecule has 4 heteroatoms. The molecule has 18 heavy (non-hydrogen) atoms. The first-order valence-electron chi connectivity index (χ1n) is 6.83. The van der Waals surface area contributed by atoms with Crippen molar-refractivity contribution >= 4 is 11.3 Å². The number of hydrogen-bond acceptors (Lipinski definition) is 3. The summed E-state index contributed by atoms with van der Waals surface area (Å²) in [5.41, 5.74) is 3.94. The minimum absolute atomic E-state index is 0.891. The van der Waals surface area contributed by atoms with Crippen LogP contribution in [-0.2, 0) is 25.8 Å². The molecule has 1 aliphatic carbocycles. The molecular formula is C14H19N3S. The second-order valence-electron chi connectivity index (χ2n) is 4.96. The summed E-state index contributed by atoms with van der Waals surface area (Å²) in [6.45, 7) is 3.09. The SMILES string of the molecule is CCCc1nc(Cn2cnc3c2CCCC3)cs1. The maximum atomic E-state index is 4.69. The summed E-state index contributed by atoms with van der Waals surface area (Å²) in [6, 6.07) is 0. The van der Waals surface area contributed by atoms with Crippen LogP contribution in [0.1, 0.15) is 48.3 Å². The number of fused-ring (bicyclic) bond motifs is 1. The van der Waals surface area contributed by atoms with E-state index in [9.17, 15) is 0 Å². The number of aryl methyl sites for hydroxylation is 2. The molecule has 2 aromatic heterocycles. The summed E-state index contributed by atoms with van der Waals surface area (Å²) in [5, 5.41) is 3.46. The Labute approximate surface area is 112 Å². The lowest BCUT2D eigenvalue weighted by atomic mass is 10.0. The highest BCUT2D eigenvalue weighted by atomic mass is 32.1. The zero-order valence-electron chi connectivity index (χ0n) is 10.9. The molecule has 0 saturated carbocycles. The summed E-state index contributed by atoms with van der Waals surface area (Å²) in [7, 11) is 0. The van der Waals surface area contributed by atoms with Crippen LogP contribution in [0.5, 0.6) is 0 Å². The fourth-order valence-electron chi connectivity index (χ4n) is 2.59. The van der Waals surface area contributed by atoms with Crippen molar-refractivity contribution in [2.24, 2.45) is 0 Å². The second kappa shape index (κ2) is 5.22. The van der Waals surface area contributed by atoms with Crippen molar-refractivity contribution in [1.29, 1.82) is 0 Å². The first kappa shape index (κ1) is 11.9. The zero-order chi connectivity index (χ0) is 12.4. The van der Waals surface area contributed by atoms with E-state index >= 15 is 0 Å². The van der Waals surface area contributed by atoms with Gasteiger partial charge >= 0.3 is 0 Å². The summed E-state index contributed by atoms with van der Waals surface area (Å²) in [5.74, 6) is 0. The molecule has 96 valence electrons. The molecule has 3 rings (SSSR count). The van der Waals surface area contributed by atoms with Gasteiger partial charge in [0.15, 0.2) is 0 Å². The van der Waals surface area contributed by atoms with Crippen LogP contribution in [-0.4, -0.2) is 14.5 Å². The molecule has 0 saturated heterocycles. The van der Waals surface area contributed by atoms with E-state index in [4.69, 9.17) is 4.98 Å². The van der Waals surface area contributed by atoms with E-state index in [1.54, 1.807) is 11.3 Å². The van der Waals surface area contributed by atoms with E-state index in [0.717, 1.165) is 19.4 Å². The lowest BCUT2D eigenvalue weighted by molar-refractivity contribution is 0.625. The Morgan fingerprint density at radius 3 is 3.11 bits per heavy atom. The van der Waals surface area contributed by atoms with Crippen molar-refractivity contribution in [3.63, 3.8) is 0 Å². The van der Waals surface area contributed by atoms with Gasteiger partial charge in [-0.05, 0) is 38.5 Å². The molecular weight excluding hydrogens is 242 g/mol. The smallest absolute Gasteiger partial charge is 0.0955 e. The predicted molar refractivity (Wildman–Crippen MR) is 74.1 cm³/mol. The van der Waals surface area contributed by atoms with Crippen LogP contribution in [0.2, 0.25) is 0 Å². The first-order chi connectivity index (χ1) is 8.86. The molecule has 0 aromatic carbocycles. The fraction of sp³-hybridized carbons (Fsp3) is 0.571. The largest absolute Gasteiger partial charge is 0.328 e. The Hall–Kier alpha value is -1.16. The maximum Gasteiger partial charge on any atom is 0.0955 e. The van der Waals surface area contributed by atoms with Gasteiger partial charge in [0.2, 0.25) is 0 Å². The van der Waals surface area contributed by atoms with Gasteiger partial charge < -0.3 is 4.57 Å². The van der Waals surface area contributed by atoms with Gasteiger partial charge in [-0.1, -0.05) is 6.92 Å². The van der Waals surface area contributed by atoms with Crippen molar-refractivity contribution in [1.82, 2.24) is 14.5 Å². The molecule has 0 unspecified atom stereocenters. The van der Waals surface area contributed by atoms with E-state index in [1.807, 2.05) is 6.33 Å². The summed E-state index contributed by atoms with van der Waals surface area (Å²) in [4.78, 5) is 9.23. The quantitative estimate of drug-likeness (QED) is 0.846. The Bertz CT molecular complexity index is 527. The summed E-state index contributed by atoms with van der Waals surface area (Å²) < 4.78 is 2.29. The van der Waals surface area contributed by atoms with Gasteiger partial charge in [-0.3, -0.25) is 0 Å². The Kier molecular flexibility index (Phi) is 3.46. The molecule has 3 nitrogen and oxygen atoms in total. The van der Waals surface area contributed by atoms with Gasteiger partial charge in [0.05, 0.1) is 29.3 Å². The van der Waals surface area contributed by atoms with Gasteiger partial charge in [0.1, 0.15) is 0 Å². The van der Waals surface area contributed by atoms with E-state index in [-0.39, 0.29) is 0 Å². The fourth-order valence-corrected chi connectivity index (χ4v) is 3.48. The van der Waals surface area contributed by atoms with Crippen molar-refractivity contribution in [3.05, 3.63) is 33.8 Å². The summed E-state index contributed by atoms with van der Waals surface area (Å²) in [6.07, 6.45) is 9.20.